The molecule has 0 fully saturated rings. The van der Waals surface area contributed by atoms with Gasteiger partial charge in [0.25, 0.3) is 0 Å². The Morgan fingerprint density at radius 2 is 2.05 bits per heavy atom. The van der Waals surface area contributed by atoms with E-state index in [2.05, 4.69) is 10.1 Å². The number of methoxy groups -OCH3 is 1. The smallest absolute Gasteiger partial charge is 0.343 e. The maximum absolute atomic E-state index is 11.6. The topological polar surface area (TPSA) is 90.6 Å². The van der Waals surface area contributed by atoms with Crippen LogP contribution in [0.25, 0.3) is 0 Å². The Morgan fingerprint density at radius 1 is 1.35 bits per heavy atom. The van der Waals surface area contributed by atoms with Crippen LogP contribution in [-0.4, -0.2) is 31.1 Å². The number of carbonyl (C=O) groups is 2. The molecule has 1 aromatic rings. The summed E-state index contributed by atoms with van der Waals surface area (Å²) in [5, 5.41) is 2.73. The van der Waals surface area contributed by atoms with Gasteiger partial charge in [0.1, 0.15) is 5.75 Å². The van der Waals surface area contributed by atoms with Crippen LogP contribution in [-0.2, 0) is 20.9 Å². The standard InChI is InChI=1S/C14H20N2O4/c1-14(2,15)13(18)16-8-10-5-4-6-11(7-10)20-9-12(17)19-3/h4-7H,8-9,15H2,1-3H3,(H,16,18). The zero-order valence-corrected chi connectivity index (χ0v) is 11.9. The van der Waals surface area contributed by atoms with E-state index < -0.39 is 11.5 Å². The molecule has 1 aromatic carbocycles. The van der Waals surface area contributed by atoms with Gasteiger partial charge in [-0.2, -0.15) is 0 Å². The highest BCUT2D eigenvalue weighted by molar-refractivity contribution is 5.84. The number of rotatable bonds is 6. The minimum absolute atomic E-state index is 0.151. The molecular formula is C14H20N2O4. The molecule has 0 saturated carbocycles. The SMILES string of the molecule is COC(=O)COc1cccc(CNC(=O)C(C)(C)N)c1. The van der Waals surface area contributed by atoms with Gasteiger partial charge >= 0.3 is 5.97 Å². The third-order valence-electron chi connectivity index (χ3n) is 2.52. The van der Waals surface area contributed by atoms with Crippen molar-refractivity contribution < 1.29 is 19.1 Å². The summed E-state index contributed by atoms with van der Waals surface area (Å²) in [5.74, 6) is -0.152. The molecule has 0 aliphatic rings. The van der Waals surface area contributed by atoms with Crippen molar-refractivity contribution in [3.05, 3.63) is 29.8 Å². The van der Waals surface area contributed by atoms with Gasteiger partial charge in [-0.25, -0.2) is 4.79 Å². The summed E-state index contributed by atoms with van der Waals surface area (Å²) >= 11 is 0. The van der Waals surface area contributed by atoms with E-state index in [1.54, 1.807) is 32.0 Å². The number of benzene rings is 1. The van der Waals surface area contributed by atoms with E-state index in [0.717, 1.165) is 5.56 Å². The molecule has 0 unspecified atom stereocenters. The summed E-state index contributed by atoms with van der Waals surface area (Å²) in [6.07, 6.45) is 0. The van der Waals surface area contributed by atoms with Crippen LogP contribution in [0.2, 0.25) is 0 Å². The number of amides is 1. The predicted octanol–water partition coefficient (Wildman–Crippen LogP) is 0.592. The number of nitrogens with one attached hydrogen (secondary N) is 1. The molecule has 6 heteroatoms. The van der Waals surface area contributed by atoms with E-state index >= 15 is 0 Å². The van der Waals surface area contributed by atoms with Crippen molar-refractivity contribution in [1.82, 2.24) is 5.32 Å². The van der Waals surface area contributed by atoms with Gasteiger partial charge in [0.2, 0.25) is 5.91 Å². The van der Waals surface area contributed by atoms with Crippen LogP contribution < -0.4 is 15.8 Å². The van der Waals surface area contributed by atoms with Crippen molar-refractivity contribution in [1.29, 1.82) is 0 Å². The summed E-state index contributed by atoms with van der Waals surface area (Å²) in [5.41, 5.74) is 5.62. The van der Waals surface area contributed by atoms with Crippen LogP contribution in [0.1, 0.15) is 19.4 Å². The van der Waals surface area contributed by atoms with E-state index in [9.17, 15) is 9.59 Å². The molecule has 0 aromatic heterocycles. The van der Waals surface area contributed by atoms with Crippen LogP contribution in [0, 0.1) is 0 Å². The summed E-state index contributed by atoms with van der Waals surface area (Å²) in [6.45, 7) is 3.47. The van der Waals surface area contributed by atoms with E-state index in [1.165, 1.54) is 7.11 Å². The number of esters is 1. The Labute approximate surface area is 118 Å². The fourth-order valence-corrected chi connectivity index (χ4v) is 1.36. The lowest BCUT2D eigenvalue weighted by atomic mass is 10.1. The number of carbonyl (C=O) groups excluding carboxylic acids is 2. The van der Waals surface area contributed by atoms with Crippen molar-refractivity contribution >= 4 is 11.9 Å². The number of nitrogens with two attached hydrogens (primary N) is 1. The van der Waals surface area contributed by atoms with Gasteiger partial charge in [-0.3, -0.25) is 4.79 Å². The first-order chi connectivity index (χ1) is 9.32. The average Bonchev–Trinajstić information content (AvgIpc) is 2.41. The minimum atomic E-state index is -0.918. The average molecular weight is 280 g/mol. The maximum atomic E-state index is 11.6. The third-order valence-corrected chi connectivity index (χ3v) is 2.52. The normalized spacial score (nSPS) is 10.8. The van der Waals surface area contributed by atoms with Crippen LogP contribution >= 0.6 is 0 Å². The Hall–Kier alpha value is -2.08. The van der Waals surface area contributed by atoms with Gasteiger partial charge in [0, 0.05) is 6.54 Å². The molecule has 0 saturated heterocycles. The molecule has 0 radical (unpaired) electrons. The van der Waals surface area contributed by atoms with Crippen molar-refractivity contribution in [3.63, 3.8) is 0 Å². The first kappa shape index (κ1) is 16.0. The Balaban J connectivity index is 2.56. The fraction of sp³-hybridized carbons (Fsp3) is 0.429. The highest BCUT2D eigenvalue weighted by Crippen LogP contribution is 2.13. The quantitative estimate of drug-likeness (QED) is 0.744. The van der Waals surface area contributed by atoms with Gasteiger partial charge in [0.15, 0.2) is 6.61 Å². The lowest BCUT2D eigenvalue weighted by Gasteiger charge is -2.17. The zero-order valence-electron chi connectivity index (χ0n) is 11.9. The van der Waals surface area contributed by atoms with Crippen molar-refractivity contribution in [2.24, 2.45) is 5.73 Å². The molecule has 1 amide bonds. The van der Waals surface area contributed by atoms with Crippen molar-refractivity contribution in [3.8, 4) is 5.75 Å². The Morgan fingerprint density at radius 3 is 2.65 bits per heavy atom. The molecule has 0 atom stereocenters. The number of hydrogen-bond donors (Lipinski definition) is 2. The van der Waals surface area contributed by atoms with Gasteiger partial charge in [0.05, 0.1) is 12.6 Å². The molecule has 0 spiro atoms. The summed E-state index contributed by atoms with van der Waals surface area (Å²) < 4.78 is 9.75. The van der Waals surface area contributed by atoms with Crippen LogP contribution in [0.15, 0.2) is 24.3 Å². The van der Waals surface area contributed by atoms with Gasteiger partial charge in [-0.1, -0.05) is 12.1 Å². The molecule has 20 heavy (non-hydrogen) atoms. The fourth-order valence-electron chi connectivity index (χ4n) is 1.36. The van der Waals surface area contributed by atoms with Crippen molar-refractivity contribution in [2.45, 2.75) is 25.9 Å². The first-order valence-corrected chi connectivity index (χ1v) is 6.18. The molecule has 3 N–H and O–H groups in total. The molecule has 0 aliphatic heterocycles. The molecule has 0 aliphatic carbocycles. The summed E-state index contributed by atoms with van der Waals surface area (Å²) in [4.78, 5) is 22.6. The van der Waals surface area contributed by atoms with E-state index in [-0.39, 0.29) is 12.5 Å². The molecule has 0 heterocycles. The molecule has 1 rings (SSSR count). The lowest BCUT2D eigenvalue weighted by molar-refractivity contribution is -0.142. The lowest BCUT2D eigenvalue weighted by Crippen LogP contribution is -2.48. The maximum Gasteiger partial charge on any atom is 0.343 e. The molecule has 110 valence electrons. The van der Waals surface area contributed by atoms with Gasteiger partial charge in [-0.15, -0.1) is 0 Å². The second-order valence-corrected chi connectivity index (χ2v) is 4.92. The van der Waals surface area contributed by atoms with E-state index in [0.29, 0.717) is 12.3 Å². The molecule has 0 bridgehead atoms. The summed E-state index contributed by atoms with van der Waals surface area (Å²) in [7, 11) is 1.30. The highest BCUT2D eigenvalue weighted by Gasteiger charge is 2.21. The van der Waals surface area contributed by atoms with Gasteiger partial charge < -0.3 is 20.5 Å². The Kier molecular flexibility index (Phi) is 5.52. The van der Waals surface area contributed by atoms with Crippen molar-refractivity contribution in [2.75, 3.05) is 13.7 Å². The second-order valence-electron chi connectivity index (χ2n) is 4.92. The second kappa shape index (κ2) is 6.91. The van der Waals surface area contributed by atoms with Crippen LogP contribution in [0.4, 0.5) is 0 Å². The van der Waals surface area contributed by atoms with E-state index in [1.807, 2.05) is 6.07 Å². The number of ether oxygens (including phenoxy) is 2. The van der Waals surface area contributed by atoms with Gasteiger partial charge in [-0.05, 0) is 31.5 Å². The molecule has 6 nitrogen and oxygen atoms in total. The van der Waals surface area contributed by atoms with E-state index in [4.69, 9.17) is 10.5 Å². The highest BCUT2D eigenvalue weighted by atomic mass is 16.6. The summed E-state index contributed by atoms with van der Waals surface area (Å²) in [6, 6.07) is 7.09. The third kappa shape index (κ3) is 5.27. The predicted molar refractivity (Wildman–Crippen MR) is 74.1 cm³/mol. The largest absolute Gasteiger partial charge is 0.482 e. The van der Waals surface area contributed by atoms with Crippen LogP contribution in [0.3, 0.4) is 0 Å². The monoisotopic (exact) mass is 280 g/mol. The number of hydrogen-bond acceptors (Lipinski definition) is 5. The first-order valence-electron chi connectivity index (χ1n) is 6.18. The minimum Gasteiger partial charge on any atom is -0.482 e. The molecular weight excluding hydrogens is 260 g/mol. The Bertz CT molecular complexity index is 480. The van der Waals surface area contributed by atoms with Crippen LogP contribution in [0.5, 0.6) is 5.75 Å². The zero-order chi connectivity index (χ0) is 15.2.